The zero-order chi connectivity index (χ0) is 13.8. The molecule has 2 nitrogen and oxygen atoms in total. The maximum absolute atomic E-state index is 6.23. The summed E-state index contributed by atoms with van der Waals surface area (Å²) in [5.74, 6) is 0. The molecule has 0 spiro atoms. The van der Waals surface area contributed by atoms with Gasteiger partial charge in [0, 0.05) is 23.5 Å². The maximum Gasteiger partial charge on any atom is 0.136 e. The molecule has 0 aliphatic rings. The Hall–Kier alpha value is -1.38. The van der Waals surface area contributed by atoms with Gasteiger partial charge in [0.25, 0.3) is 0 Å². The Labute approximate surface area is 119 Å². The molecule has 0 radical (unpaired) electrons. The number of fused-ring (bicyclic) bond motifs is 1. The normalized spacial score (nSPS) is 11.8. The molecule has 0 atom stereocenters. The highest BCUT2D eigenvalue weighted by Gasteiger charge is 2.04. The minimum Gasteiger partial charge on any atom is -0.311 e. The Morgan fingerprint density at radius 3 is 2.89 bits per heavy atom. The van der Waals surface area contributed by atoms with Gasteiger partial charge in [-0.05, 0) is 18.6 Å². The predicted molar refractivity (Wildman–Crippen MR) is 83.7 cm³/mol. The largest absolute Gasteiger partial charge is 0.311 e. The van der Waals surface area contributed by atoms with E-state index in [-0.39, 0.29) is 0 Å². The quantitative estimate of drug-likeness (QED) is 0.845. The fraction of sp³-hybridized carbons (Fsp3) is 0.312. The summed E-state index contributed by atoms with van der Waals surface area (Å²) in [5, 5.41) is 5.01. The van der Waals surface area contributed by atoms with Crippen molar-refractivity contribution in [3.8, 4) is 0 Å². The Morgan fingerprint density at radius 2 is 2.16 bits per heavy atom. The lowest BCUT2D eigenvalue weighted by Gasteiger charge is -2.06. The van der Waals surface area contributed by atoms with E-state index in [0.29, 0.717) is 11.2 Å². The molecule has 0 bridgehead atoms. The number of aromatic nitrogens is 1. The van der Waals surface area contributed by atoms with Crippen LogP contribution in [0, 0.1) is 6.92 Å². The highest BCUT2D eigenvalue weighted by Crippen LogP contribution is 2.23. The number of pyridine rings is 1. The zero-order valence-corrected chi connectivity index (χ0v) is 12.3. The van der Waals surface area contributed by atoms with Crippen molar-refractivity contribution < 1.29 is 0 Å². The van der Waals surface area contributed by atoms with Crippen LogP contribution in [-0.2, 0) is 0 Å². The fourth-order valence-electron chi connectivity index (χ4n) is 1.95. The van der Waals surface area contributed by atoms with Crippen LogP contribution >= 0.6 is 11.6 Å². The highest BCUT2D eigenvalue weighted by molar-refractivity contribution is 6.31. The van der Waals surface area contributed by atoms with Gasteiger partial charge in [-0.25, -0.2) is 4.98 Å². The van der Waals surface area contributed by atoms with Crippen LogP contribution < -0.4 is 5.32 Å². The molecule has 100 valence electrons. The Morgan fingerprint density at radius 1 is 1.37 bits per heavy atom. The number of rotatable bonds is 4. The summed E-state index contributed by atoms with van der Waals surface area (Å²) in [7, 11) is 0. The number of halogens is 1. The van der Waals surface area contributed by atoms with Gasteiger partial charge >= 0.3 is 0 Å². The summed E-state index contributed by atoms with van der Waals surface area (Å²) in [6.45, 7) is 7.13. The molecular weight excluding hydrogens is 256 g/mol. The second-order valence-corrected chi connectivity index (χ2v) is 5.34. The van der Waals surface area contributed by atoms with Crippen LogP contribution in [0.4, 0.5) is 0 Å². The van der Waals surface area contributed by atoms with Crippen molar-refractivity contribution in [2.24, 2.45) is 0 Å². The first kappa shape index (κ1) is 14.0. The van der Waals surface area contributed by atoms with Crippen molar-refractivity contribution in [3.05, 3.63) is 46.6 Å². The van der Waals surface area contributed by atoms with Crippen LogP contribution in [0.2, 0.25) is 5.15 Å². The SMILES string of the molecule is Cc1cccc2cc(C=CCNC(C)C)c(Cl)nc12. The molecule has 2 aromatic rings. The average molecular weight is 275 g/mol. The van der Waals surface area contributed by atoms with E-state index in [1.54, 1.807) is 0 Å². The summed E-state index contributed by atoms with van der Waals surface area (Å²) < 4.78 is 0. The molecule has 0 amide bonds. The number of nitrogens with one attached hydrogen (secondary N) is 1. The first-order chi connectivity index (χ1) is 9.08. The van der Waals surface area contributed by atoms with Crippen LogP contribution in [0.25, 0.3) is 17.0 Å². The average Bonchev–Trinajstić information content (AvgIpc) is 2.36. The molecule has 1 N–H and O–H groups in total. The predicted octanol–water partition coefficient (Wildman–Crippen LogP) is 4.21. The van der Waals surface area contributed by atoms with E-state index in [9.17, 15) is 0 Å². The summed E-state index contributed by atoms with van der Waals surface area (Å²) in [6, 6.07) is 8.73. The second kappa shape index (κ2) is 6.18. The van der Waals surface area contributed by atoms with Crippen molar-refractivity contribution in [1.29, 1.82) is 0 Å². The fourth-order valence-corrected chi connectivity index (χ4v) is 2.15. The lowest BCUT2D eigenvalue weighted by atomic mass is 10.1. The third kappa shape index (κ3) is 3.55. The van der Waals surface area contributed by atoms with Gasteiger partial charge in [0.1, 0.15) is 5.15 Å². The lowest BCUT2D eigenvalue weighted by molar-refractivity contribution is 0.633. The van der Waals surface area contributed by atoms with E-state index in [1.165, 1.54) is 0 Å². The Balaban J connectivity index is 2.27. The molecule has 0 aliphatic carbocycles. The summed E-state index contributed by atoms with van der Waals surface area (Å²) >= 11 is 6.23. The van der Waals surface area contributed by atoms with Crippen LogP contribution in [0.5, 0.6) is 0 Å². The molecule has 3 heteroatoms. The molecule has 0 saturated heterocycles. The second-order valence-electron chi connectivity index (χ2n) is 4.98. The zero-order valence-electron chi connectivity index (χ0n) is 11.6. The van der Waals surface area contributed by atoms with Crippen LogP contribution in [0.1, 0.15) is 25.0 Å². The molecule has 0 saturated carbocycles. The first-order valence-corrected chi connectivity index (χ1v) is 6.91. The third-order valence-corrected chi connectivity index (χ3v) is 3.27. The van der Waals surface area contributed by atoms with Crippen molar-refractivity contribution in [1.82, 2.24) is 10.3 Å². The number of nitrogens with zero attached hydrogens (tertiary/aromatic N) is 1. The van der Waals surface area contributed by atoms with E-state index >= 15 is 0 Å². The van der Waals surface area contributed by atoms with Gasteiger partial charge in [0.2, 0.25) is 0 Å². The molecule has 0 unspecified atom stereocenters. The maximum atomic E-state index is 6.23. The van der Waals surface area contributed by atoms with Gasteiger partial charge in [0.15, 0.2) is 0 Å². The molecule has 2 rings (SSSR count). The molecule has 19 heavy (non-hydrogen) atoms. The van der Waals surface area contributed by atoms with Gasteiger partial charge in [-0.3, -0.25) is 0 Å². The van der Waals surface area contributed by atoms with Gasteiger partial charge < -0.3 is 5.32 Å². The van der Waals surface area contributed by atoms with Gasteiger partial charge in [0.05, 0.1) is 5.52 Å². The van der Waals surface area contributed by atoms with Gasteiger partial charge in [-0.1, -0.05) is 55.8 Å². The summed E-state index contributed by atoms with van der Waals surface area (Å²) in [6.07, 6.45) is 4.09. The minimum atomic E-state index is 0.484. The van der Waals surface area contributed by atoms with Crippen molar-refractivity contribution in [2.45, 2.75) is 26.8 Å². The van der Waals surface area contributed by atoms with E-state index in [2.05, 4.69) is 42.4 Å². The van der Waals surface area contributed by atoms with Crippen molar-refractivity contribution in [3.63, 3.8) is 0 Å². The monoisotopic (exact) mass is 274 g/mol. The molecule has 1 aromatic carbocycles. The summed E-state index contributed by atoms with van der Waals surface area (Å²) in [5.41, 5.74) is 3.09. The lowest BCUT2D eigenvalue weighted by Crippen LogP contribution is -2.22. The van der Waals surface area contributed by atoms with E-state index < -0.39 is 0 Å². The van der Waals surface area contributed by atoms with E-state index in [4.69, 9.17) is 11.6 Å². The molecule has 0 fully saturated rings. The highest BCUT2D eigenvalue weighted by atomic mass is 35.5. The number of para-hydroxylation sites is 1. The minimum absolute atomic E-state index is 0.484. The van der Waals surface area contributed by atoms with Crippen LogP contribution in [-0.4, -0.2) is 17.6 Å². The van der Waals surface area contributed by atoms with Crippen LogP contribution in [0.3, 0.4) is 0 Å². The Kier molecular flexibility index (Phi) is 4.56. The number of hydrogen-bond donors (Lipinski definition) is 1. The number of aryl methyl sites for hydroxylation is 1. The Bertz CT molecular complexity index is 603. The third-order valence-electron chi connectivity index (χ3n) is 2.97. The first-order valence-electron chi connectivity index (χ1n) is 6.53. The molecular formula is C16H19ClN2. The van der Waals surface area contributed by atoms with Gasteiger partial charge in [-0.15, -0.1) is 0 Å². The molecule has 1 heterocycles. The van der Waals surface area contributed by atoms with Crippen molar-refractivity contribution in [2.75, 3.05) is 6.54 Å². The van der Waals surface area contributed by atoms with E-state index in [1.807, 2.05) is 25.1 Å². The molecule has 0 aliphatic heterocycles. The smallest absolute Gasteiger partial charge is 0.136 e. The van der Waals surface area contributed by atoms with E-state index in [0.717, 1.165) is 28.6 Å². The standard InChI is InChI=1S/C16H19ClN2/c1-11(2)18-9-5-8-14-10-13-7-4-6-12(3)15(13)19-16(14)17/h4-8,10-11,18H,9H2,1-3H3. The van der Waals surface area contributed by atoms with Crippen LogP contribution in [0.15, 0.2) is 30.3 Å². The number of benzene rings is 1. The van der Waals surface area contributed by atoms with Gasteiger partial charge in [-0.2, -0.15) is 0 Å². The topological polar surface area (TPSA) is 24.9 Å². The van der Waals surface area contributed by atoms with Crippen molar-refractivity contribution >= 4 is 28.6 Å². The molecule has 1 aromatic heterocycles. The summed E-state index contributed by atoms with van der Waals surface area (Å²) in [4.78, 5) is 4.48. The number of hydrogen-bond acceptors (Lipinski definition) is 2.